The first kappa shape index (κ1) is 18.5. The molecule has 140 valence electrons. The zero-order valence-corrected chi connectivity index (χ0v) is 16.1. The fourth-order valence-corrected chi connectivity index (χ4v) is 3.64. The van der Waals surface area contributed by atoms with Gasteiger partial charge in [0.15, 0.2) is 11.5 Å². The van der Waals surface area contributed by atoms with E-state index < -0.39 is 0 Å². The normalized spacial score (nSPS) is 14.9. The summed E-state index contributed by atoms with van der Waals surface area (Å²) in [6.07, 6.45) is 1.72. The van der Waals surface area contributed by atoms with Crippen molar-refractivity contribution >= 4 is 17.4 Å². The van der Waals surface area contributed by atoms with Gasteiger partial charge in [0.25, 0.3) is 0 Å². The number of carbonyl (C=O) groups is 1. The molecule has 0 bridgehead atoms. The number of aromatic nitrogens is 1. The Morgan fingerprint density at radius 1 is 1.31 bits per heavy atom. The fourth-order valence-electron chi connectivity index (χ4n) is 2.93. The number of thiazole rings is 1. The molecule has 2 amide bonds. The molecule has 1 saturated heterocycles. The predicted molar refractivity (Wildman–Crippen MR) is 102 cm³/mol. The second kappa shape index (κ2) is 8.89. The van der Waals surface area contributed by atoms with E-state index in [0.29, 0.717) is 26.2 Å². The minimum atomic E-state index is -0.0361. The van der Waals surface area contributed by atoms with E-state index in [-0.39, 0.29) is 12.1 Å². The average Bonchev–Trinajstić information content (AvgIpc) is 3.07. The number of piperidine rings is 1. The van der Waals surface area contributed by atoms with E-state index in [1.54, 1.807) is 11.3 Å². The van der Waals surface area contributed by atoms with Gasteiger partial charge in [-0.25, -0.2) is 9.78 Å². The molecule has 7 heteroatoms. The summed E-state index contributed by atoms with van der Waals surface area (Å²) >= 11 is 1.57. The van der Waals surface area contributed by atoms with Gasteiger partial charge in [-0.3, -0.25) is 0 Å². The number of benzene rings is 1. The van der Waals surface area contributed by atoms with Crippen LogP contribution in [-0.2, 0) is 6.54 Å². The van der Waals surface area contributed by atoms with E-state index in [0.717, 1.165) is 35.0 Å². The highest BCUT2D eigenvalue weighted by atomic mass is 32.1. The standard InChI is InChI=1S/C19H25N3O3S/c1-3-24-16-6-4-5-7-17(16)25-15-8-10-22(11-9-15)19(23)20-12-18-21-14(2)13-26-18/h4-7,13,15H,3,8-12H2,1-2H3,(H,20,23). The van der Waals surface area contributed by atoms with Crippen molar-refractivity contribution in [2.75, 3.05) is 19.7 Å². The number of ether oxygens (including phenoxy) is 2. The molecule has 1 N–H and O–H groups in total. The van der Waals surface area contributed by atoms with E-state index in [1.807, 2.05) is 48.4 Å². The maximum Gasteiger partial charge on any atom is 0.317 e. The van der Waals surface area contributed by atoms with Crippen molar-refractivity contribution in [2.45, 2.75) is 39.3 Å². The summed E-state index contributed by atoms with van der Waals surface area (Å²) in [6, 6.07) is 7.70. The zero-order valence-electron chi connectivity index (χ0n) is 15.2. The van der Waals surface area contributed by atoms with Crippen LogP contribution < -0.4 is 14.8 Å². The van der Waals surface area contributed by atoms with Crippen molar-refractivity contribution in [1.29, 1.82) is 0 Å². The molecule has 3 rings (SSSR count). The molecule has 1 aromatic carbocycles. The number of nitrogens with zero attached hydrogens (tertiary/aromatic N) is 2. The molecule has 1 aromatic heterocycles. The molecule has 2 aromatic rings. The Morgan fingerprint density at radius 2 is 2.04 bits per heavy atom. The van der Waals surface area contributed by atoms with Crippen molar-refractivity contribution in [2.24, 2.45) is 0 Å². The zero-order chi connectivity index (χ0) is 18.4. The lowest BCUT2D eigenvalue weighted by Gasteiger charge is -2.32. The first-order chi connectivity index (χ1) is 12.7. The van der Waals surface area contributed by atoms with Gasteiger partial charge >= 0.3 is 6.03 Å². The average molecular weight is 375 g/mol. The summed E-state index contributed by atoms with van der Waals surface area (Å²) in [5.41, 5.74) is 0.990. The summed E-state index contributed by atoms with van der Waals surface area (Å²) in [7, 11) is 0. The van der Waals surface area contributed by atoms with Crippen LogP contribution in [-0.4, -0.2) is 41.7 Å². The van der Waals surface area contributed by atoms with Crippen molar-refractivity contribution in [3.63, 3.8) is 0 Å². The predicted octanol–water partition coefficient (Wildman–Crippen LogP) is 3.60. The summed E-state index contributed by atoms with van der Waals surface area (Å²) in [4.78, 5) is 18.5. The first-order valence-corrected chi connectivity index (χ1v) is 9.86. The minimum Gasteiger partial charge on any atom is -0.490 e. The topological polar surface area (TPSA) is 63.7 Å². The Balaban J connectivity index is 1.46. The third kappa shape index (κ3) is 4.88. The molecule has 0 radical (unpaired) electrons. The Kier molecular flexibility index (Phi) is 6.33. The second-order valence-electron chi connectivity index (χ2n) is 6.23. The van der Waals surface area contributed by atoms with E-state index in [1.165, 1.54) is 0 Å². The molecule has 0 spiro atoms. The van der Waals surface area contributed by atoms with Crippen molar-refractivity contribution in [1.82, 2.24) is 15.2 Å². The Labute approximate surface area is 158 Å². The van der Waals surface area contributed by atoms with E-state index in [9.17, 15) is 4.79 Å². The van der Waals surface area contributed by atoms with Crippen LogP contribution in [0.2, 0.25) is 0 Å². The van der Waals surface area contributed by atoms with Gasteiger partial charge in [-0.2, -0.15) is 0 Å². The SMILES string of the molecule is CCOc1ccccc1OC1CCN(C(=O)NCc2nc(C)cs2)CC1. The monoisotopic (exact) mass is 375 g/mol. The molecule has 6 nitrogen and oxygen atoms in total. The molecule has 1 aliphatic heterocycles. The fraction of sp³-hybridized carbons (Fsp3) is 0.474. The van der Waals surface area contributed by atoms with E-state index in [4.69, 9.17) is 9.47 Å². The highest BCUT2D eigenvalue weighted by Crippen LogP contribution is 2.29. The van der Waals surface area contributed by atoms with E-state index in [2.05, 4.69) is 10.3 Å². The number of likely N-dealkylation sites (tertiary alicyclic amines) is 1. The molecule has 0 saturated carbocycles. The number of amides is 2. The lowest BCUT2D eigenvalue weighted by atomic mass is 10.1. The van der Waals surface area contributed by atoms with Crippen LogP contribution >= 0.6 is 11.3 Å². The largest absolute Gasteiger partial charge is 0.490 e. The van der Waals surface area contributed by atoms with Gasteiger partial charge in [0.2, 0.25) is 0 Å². The number of aryl methyl sites for hydroxylation is 1. The number of urea groups is 1. The van der Waals surface area contributed by atoms with Gasteiger partial charge in [0.05, 0.1) is 13.2 Å². The van der Waals surface area contributed by atoms with Crippen LogP contribution in [0.3, 0.4) is 0 Å². The van der Waals surface area contributed by atoms with Crippen LogP contribution in [0.1, 0.15) is 30.5 Å². The number of hydrogen-bond donors (Lipinski definition) is 1. The molecular formula is C19H25N3O3S. The van der Waals surface area contributed by atoms with Crippen molar-refractivity contribution in [3.05, 3.63) is 40.3 Å². The Morgan fingerprint density at radius 3 is 2.69 bits per heavy atom. The number of nitrogens with one attached hydrogen (secondary N) is 1. The summed E-state index contributed by atoms with van der Waals surface area (Å²) < 4.78 is 11.7. The minimum absolute atomic E-state index is 0.0361. The number of para-hydroxylation sites is 2. The quantitative estimate of drug-likeness (QED) is 0.838. The lowest BCUT2D eigenvalue weighted by molar-refractivity contribution is 0.107. The maximum absolute atomic E-state index is 12.3. The van der Waals surface area contributed by atoms with Gasteiger partial charge in [0, 0.05) is 37.0 Å². The Bertz CT molecular complexity index is 726. The number of rotatable bonds is 6. The maximum atomic E-state index is 12.3. The van der Waals surface area contributed by atoms with Crippen LogP contribution in [0.25, 0.3) is 0 Å². The molecule has 2 heterocycles. The summed E-state index contributed by atoms with van der Waals surface area (Å²) in [6.45, 7) is 6.37. The van der Waals surface area contributed by atoms with Crippen LogP contribution in [0.4, 0.5) is 4.79 Å². The van der Waals surface area contributed by atoms with Crippen LogP contribution in [0.15, 0.2) is 29.6 Å². The molecule has 0 aliphatic carbocycles. The highest BCUT2D eigenvalue weighted by molar-refractivity contribution is 7.09. The number of carbonyl (C=O) groups excluding carboxylic acids is 1. The third-order valence-corrected chi connectivity index (χ3v) is 5.20. The van der Waals surface area contributed by atoms with Crippen LogP contribution in [0, 0.1) is 6.92 Å². The van der Waals surface area contributed by atoms with Crippen molar-refractivity contribution < 1.29 is 14.3 Å². The lowest BCUT2D eigenvalue weighted by Crippen LogP contribution is -2.46. The van der Waals surface area contributed by atoms with Gasteiger partial charge in [0.1, 0.15) is 11.1 Å². The summed E-state index contributed by atoms with van der Waals surface area (Å²) in [5, 5.41) is 5.87. The van der Waals surface area contributed by atoms with Gasteiger partial charge < -0.3 is 19.7 Å². The van der Waals surface area contributed by atoms with Crippen molar-refractivity contribution in [3.8, 4) is 11.5 Å². The molecule has 1 fully saturated rings. The molecule has 26 heavy (non-hydrogen) atoms. The van der Waals surface area contributed by atoms with E-state index >= 15 is 0 Å². The molecular weight excluding hydrogens is 350 g/mol. The smallest absolute Gasteiger partial charge is 0.317 e. The molecule has 0 atom stereocenters. The highest BCUT2D eigenvalue weighted by Gasteiger charge is 2.24. The summed E-state index contributed by atoms with van der Waals surface area (Å²) in [5.74, 6) is 1.55. The molecule has 1 aliphatic rings. The van der Waals surface area contributed by atoms with Gasteiger partial charge in [-0.05, 0) is 26.0 Å². The molecule has 0 unspecified atom stereocenters. The number of hydrogen-bond acceptors (Lipinski definition) is 5. The second-order valence-corrected chi connectivity index (χ2v) is 7.17. The third-order valence-electron chi connectivity index (χ3n) is 4.23. The first-order valence-electron chi connectivity index (χ1n) is 8.98. The Hall–Kier alpha value is -2.28. The van der Waals surface area contributed by atoms with Crippen LogP contribution in [0.5, 0.6) is 11.5 Å². The van der Waals surface area contributed by atoms with Gasteiger partial charge in [-0.15, -0.1) is 11.3 Å². The van der Waals surface area contributed by atoms with Gasteiger partial charge in [-0.1, -0.05) is 12.1 Å².